The van der Waals surface area contributed by atoms with Crippen LogP contribution < -0.4 is 10.7 Å². The number of hydrogen-bond donors (Lipinski definition) is 0. The fourth-order valence-electron chi connectivity index (χ4n) is 6.20. The van der Waals surface area contributed by atoms with Crippen molar-refractivity contribution in [3.8, 4) is 34.6 Å². The number of nitrogens with zero attached hydrogens (tertiary/aromatic N) is 4. The summed E-state index contributed by atoms with van der Waals surface area (Å²) in [6.07, 6.45) is -1.05. The summed E-state index contributed by atoms with van der Waals surface area (Å²) in [5.41, 5.74) is 1.43. The molecule has 0 bridgehead atoms. The maximum absolute atomic E-state index is 14.2. The molecule has 7 aromatic carbocycles. The van der Waals surface area contributed by atoms with Crippen molar-refractivity contribution in [1.82, 2.24) is 0 Å². The van der Waals surface area contributed by atoms with Crippen molar-refractivity contribution in [3.05, 3.63) is 118 Å². The van der Waals surface area contributed by atoms with Crippen LogP contribution >= 0.6 is 0 Å². The van der Waals surface area contributed by atoms with Crippen LogP contribution in [0.5, 0.6) is 0 Å². The number of fused-ring (bicyclic) bond motifs is 6. The minimum Gasteiger partial charge on any atom is -0.207 e. The van der Waals surface area contributed by atoms with Crippen molar-refractivity contribution in [2.75, 3.05) is 0 Å². The molecular weight excluding hydrogens is 583 g/mol. The highest BCUT2D eigenvalue weighted by Crippen LogP contribution is 2.37. The number of alkyl halides is 3. The largest absolute Gasteiger partial charge is 0.416 e. The van der Waals surface area contributed by atoms with Gasteiger partial charge in [-0.3, -0.25) is 0 Å². The maximum atomic E-state index is 14.2. The second-order valence-electron chi connectivity index (χ2n) is 10.8. The molecule has 45 heavy (non-hydrogen) atoms. The third-order valence-electron chi connectivity index (χ3n) is 8.06. The molecule has 216 valence electrons. The molecule has 0 N–H and O–H groups in total. The molecule has 0 aliphatic carbocycles. The van der Waals surface area contributed by atoms with Gasteiger partial charge in [-0.2, -0.15) is 33.7 Å². The highest BCUT2D eigenvalue weighted by atomic mass is 19.4. The SMILES string of the molecule is Cc1cc(F)cc(-c2ccc3c(c2)/c(=N\C#N)c2cc4/c(=N\C#N)c5cc(-c6cc(F)cc(C(F)(F)F)c6)ccc5c4cc23)c1. The van der Waals surface area contributed by atoms with Crippen molar-refractivity contribution in [2.45, 2.75) is 13.1 Å². The Morgan fingerprint density at radius 3 is 1.47 bits per heavy atom. The molecule has 0 saturated carbocycles. The third kappa shape index (κ3) is 4.57. The molecule has 4 nitrogen and oxygen atoms in total. The molecule has 0 radical (unpaired) electrons. The van der Waals surface area contributed by atoms with E-state index in [1.807, 2.05) is 42.7 Å². The molecule has 0 amide bonds. The lowest BCUT2D eigenvalue weighted by molar-refractivity contribution is -0.137. The monoisotopic (exact) mass is 600 g/mol. The van der Waals surface area contributed by atoms with E-state index in [4.69, 9.17) is 0 Å². The Bertz CT molecular complexity index is 2570. The van der Waals surface area contributed by atoms with Gasteiger partial charge in [-0.15, -0.1) is 0 Å². The smallest absolute Gasteiger partial charge is 0.207 e. The summed E-state index contributed by atoms with van der Waals surface area (Å²) < 4.78 is 68.6. The van der Waals surface area contributed by atoms with Crippen molar-refractivity contribution >= 4 is 43.1 Å². The number of halogens is 5. The van der Waals surface area contributed by atoms with Gasteiger partial charge in [0, 0.05) is 21.5 Å². The first-order valence-corrected chi connectivity index (χ1v) is 13.6. The average molecular weight is 601 g/mol. The zero-order chi connectivity index (χ0) is 31.6. The Hall–Kier alpha value is -5.93. The van der Waals surface area contributed by atoms with Gasteiger partial charge >= 0.3 is 6.18 Å². The normalized spacial score (nSPS) is 12.9. The number of nitriles is 2. The molecule has 0 atom stereocenters. The molecule has 9 heteroatoms. The zero-order valence-corrected chi connectivity index (χ0v) is 23.3. The predicted octanol–water partition coefficient (Wildman–Crippen LogP) is 8.88. The first kappa shape index (κ1) is 27.9. The van der Waals surface area contributed by atoms with Crippen LogP contribution in [0.4, 0.5) is 22.0 Å². The van der Waals surface area contributed by atoms with Crippen LogP contribution in [0.3, 0.4) is 0 Å². The van der Waals surface area contributed by atoms with Gasteiger partial charge in [-0.1, -0.05) is 30.3 Å². The Labute approximate surface area is 251 Å². The van der Waals surface area contributed by atoms with Gasteiger partial charge in [-0.05, 0) is 111 Å². The molecule has 0 aliphatic heterocycles. The third-order valence-corrected chi connectivity index (χ3v) is 8.06. The molecule has 0 aromatic heterocycles. The van der Waals surface area contributed by atoms with Crippen LogP contribution in [0.15, 0.2) is 94.9 Å². The van der Waals surface area contributed by atoms with Gasteiger partial charge in [-0.25, -0.2) is 8.78 Å². The highest BCUT2D eigenvalue weighted by Gasteiger charge is 2.31. The van der Waals surface area contributed by atoms with E-state index in [9.17, 15) is 32.5 Å². The summed E-state index contributed by atoms with van der Waals surface area (Å²) >= 11 is 0. The topological polar surface area (TPSA) is 72.3 Å². The molecule has 0 unspecified atom stereocenters. The molecule has 0 saturated heterocycles. The minimum atomic E-state index is -4.73. The molecule has 7 rings (SSSR count). The lowest BCUT2D eigenvalue weighted by Gasteiger charge is -2.10. The van der Waals surface area contributed by atoms with Crippen LogP contribution in [0, 0.1) is 41.5 Å². The second-order valence-corrected chi connectivity index (χ2v) is 10.8. The maximum Gasteiger partial charge on any atom is 0.416 e. The summed E-state index contributed by atoms with van der Waals surface area (Å²) in [5.74, 6) is -1.38. The Morgan fingerprint density at radius 1 is 0.511 bits per heavy atom. The lowest BCUT2D eigenvalue weighted by atomic mass is 10.00. The number of aryl methyl sites for hydroxylation is 1. The van der Waals surface area contributed by atoms with E-state index in [2.05, 4.69) is 9.98 Å². The lowest BCUT2D eigenvalue weighted by Crippen LogP contribution is -2.05. The Kier molecular flexibility index (Phi) is 6.24. The average Bonchev–Trinajstić information content (AvgIpc) is 3.46. The molecule has 7 aromatic rings. The van der Waals surface area contributed by atoms with Crippen molar-refractivity contribution in [1.29, 1.82) is 10.5 Å². The fourth-order valence-corrected chi connectivity index (χ4v) is 6.20. The van der Waals surface area contributed by atoms with Crippen molar-refractivity contribution in [2.24, 2.45) is 9.98 Å². The van der Waals surface area contributed by atoms with Gasteiger partial charge in [0.2, 0.25) is 12.4 Å². The summed E-state index contributed by atoms with van der Waals surface area (Å²) in [5, 5.41) is 25.3. The summed E-state index contributed by atoms with van der Waals surface area (Å²) in [4.78, 5) is 8.19. The first-order chi connectivity index (χ1) is 21.5. The molecular formula is C36H17F5N4. The predicted molar refractivity (Wildman–Crippen MR) is 162 cm³/mol. The number of benzene rings is 5. The first-order valence-electron chi connectivity index (χ1n) is 13.6. The number of hydrogen-bond acceptors (Lipinski definition) is 4. The standard InChI is InChI=1S/C36H17F5N4/c1-18-6-21(9-24(37)7-18)19-2-4-26-28-14-29-27-5-3-20(22-8-23(36(39,40)41)13-25(38)10-22)12-31(27)35(45-17-43)33(29)15-32(28)34(44-16-42)30(26)11-19/h2-15H,1H3/b44-34+,45-35-. The van der Waals surface area contributed by atoms with Gasteiger partial charge < -0.3 is 0 Å². The quantitative estimate of drug-likeness (QED) is 0.147. The van der Waals surface area contributed by atoms with E-state index in [0.29, 0.717) is 54.8 Å². The molecule has 0 aliphatic rings. The van der Waals surface area contributed by atoms with Crippen LogP contribution in [0.25, 0.3) is 65.3 Å². The minimum absolute atomic E-state index is 0.0292. The summed E-state index contributed by atoms with van der Waals surface area (Å²) in [6.45, 7) is 1.80. The van der Waals surface area contributed by atoms with Crippen LogP contribution in [0.2, 0.25) is 0 Å². The molecule has 0 heterocycles. The summed E-state index contributed by atoms with van der Waals surface area (Å²) in [7, 11) is 0. The van der Waals surface area contributed by atoms with Crippen molar-refractivity contribution < 1.29 is 22.0 Å². The highest BCUT2D eigenvalue weighted by molar-refractivity contribution is 6.21. The molecule has 0 spiro atoms. The van der Waals surface area contributed by atoms with E-state index < -0.39 is 17.6 Å². The summed E-state index contributed by atoms with van der Waals surface area (Å²) in [6, 6.07) is 21.3. The van der Waals surface area contributed by atoms with E-state index in [-0.39, 0.29) is 11.4 Å². The Balaban J connectivity index is 1.51. The van der Waals surface area contributed by atoms with E-state index in [1.54, 1.807) is 31.2 Å². The van der Waals surface area contributed by atoms with Gasteiger partial charge in [0.1, 0.15) is 11.6 Å². The zero-order valence-electron chi connectivity index (χ0n) is 23.3. The van der Waals surface area contributed by atoms with Gasteiger partial charge in [0.25, 0.3) is 0 Å². The van der Waals surface area contributed by atoms with Crippen LogP contribution in [-0.2, 0) is 6.18 Å². The fraction of sp³-hybridized carbons (Fsp3) is 0.0556. The van der Waals surface area contributed by atoms with Gasteiger partial charge in [0.15, 0.2) is 0 Å². The second kappa shape index (κ2) is 10.1. The number of rotatable bonds is 2. The Morgan fingerprint density at radius 2 is 0.978 bits per heavy atom. The van der Waals surface area contributed by atoms with E-state index in [0.717, 1.165) is 39.4 Å². The molecule has 0 fully saturated rings. The van der Waals surface area contributed by atoms with Crippen LogP contribution in [0.1, 0.15) is 11.1 Å². The van der Waals surface area contributed by atoms with E-state index in [1.165, 1.54) is 12.1 Å². The van der Waals surface area contributed by atoms with E-state index >= 15 is 0 Å². The van der Waals surface area contributed by atoms with Gasteiger partial charge in [0.05, 0.1) is 16.3 Å². The van der Waals surface area contributed by atoms with Crippen molar-refractivity contribution in [3.63, 3.8) is 0 Å². The van der Waals surface area contributed by atoms with Crippen LogP contribution in [-0.4, -0.2) is 0 Å².